The molecule has 0 spiro atoms. The molecular weight excluding hydrogens is 160 g/mol. The molecule has 1 aliphatic rings. The maximum atomic E-state index is 10.7. The van der Waals surface area contributed by atoms with Gasteiger partial charge in [-0.3, -0.25) is 0 Å². The van der Waals surface area contributed by atoms with E-state index in [1.807, 2.05) is 17.8 Å². The van der Waals surface area contributed by atoms with Gasteiger partial charge in [-0.25, -0.2) is 4.79 Å². The Morgan fingerprint density at radius 1 is 1.73 bits per heavy atom. The summed E-state index contributed by atoms with van der Waals surface area (Å²) in [6.45, 7) is 0. The van der Waals surface area contributed by atoms with Crippen LogP contribution in [0.3, 0.4) is 0 Å². The van der Waals surface area contributed by atoms with Gasteiger partial charge in [0.15, 0.2) is 0 Å². The molecule has 0 radical (unpaired) electrons. The highest BCUT2D eigenvalue weighted by Gasteiger charge is 2.11. The summed E-state index contributed by atoms with van der Waals surface area (Å²) in [7, 11) is 1.40. The van der Waals surface area contributed by atoms with Crippen molar-refractivity contribution in [3.05, 3.63) is 12.2 Å². The van der Waals surface area contributed by atoms with Crippen LogP contribution in [0, 0.1) is 0 Å². The van der Waals surface area contributed by atoms with Crippen LogP contribution in [0.1, 0.15) is 12.8 Å². The van der Waals surface area contributed by atoms with E-state index >= 15 is 0 Å². The molecule has 0 aromatic rings. The summed E-state index contributed by atoms with van der Waals surface area (Å²) >= 11 is 1.90. The van der Waals surface area contributed by atoms with E-state index in [-0.39, 0.29) is 5.97 Å². The number of rotatable bonds is 2. The zero-order chi connectivity index (χ0) is 8.10. The number of thioether (sulfide) groups is 1. The van der Waals surface area contributed by atoms with E-state index in [4.69, 9.17) is 0 Å². The lowest BCUT2D eigenvalue weighted by molar-refractivity contribution is -0.134. The van der Waals surface area contributed by atoms with Crippen molar-refractivity contribution in [2.45, 2.75) is 18.1 Å². The van der Waals surface area contributed by atoms with Crippen LogP contribution >= 0.6 is 11.8 Å². The van der Waals surface area contributed by atoms with Gasteiger partial charge in [-0.1, -0.05) is 6.08 Å². The molecule has 1 fully saturated rings. The lowest BCUT2D eigenvalue weighted by atomic mass is 10.2. The monoisotopic (exact) mass is 172 g/mol. The molecule has 11 heavy (non-hydrogen) atoms. The number of methoxy groups -OCH3 is 1. The Morgan fingerprint density at radius 3 is 3.09 bits per heavy atom. The van der Waals surface area contributed by atoms with Crippen LogP contribution in [0.5, 0.6) is 0 Å². The average molecular weight is 172 g/mol. The highest BCUT2D eigenvalue weighted by atomic mass is 32.2. The van der Waals surface area contributed by atoms with Crippen molar-refractivity contribution in [1.29, 1.82) is 0 Å². The van der Waals surface area contributed by atoms with E-state index < -0.39 is 0 Å². The molecule has 0 aliphatic carbocycles. The molecule has 1 atom stereocenters. The van der Waals surface area contributed by atoms with E-state index in [9.17, 15) is 4.79 Å². The zero-order valence-corrected chi connectivity index (χ0v) is 7.39. The van der Waals surface area contributed by atoms with Gasteiger partial charge in [-0.2, -0.15) is 11.8 Å². The van der Waals surface area contributed by atoms with Gasteiger partial charge in [0.25, 0.3) is 0 Å². The van der Waals surface area contributed by atoms with Gasteiger partial charge in [-0.15, -0.1) is 0 Å². The van der Waals surface area contributed by atoms with Gasteiger partial charge < -0.3 is 4.74 Å². The number of carbonyl (C=O) groups is 1. The molecule has 62 valence electrons. The minimum Gasteiger partial charge on any atom is -0.466 e. The average Bonchev–Trinajstić information content (AvgIpc) is 2.52. The topological polar surface area (TPSA) is 26.3 Å². The molecule has 0 aromatic heterocycles. The molecule has 0 N–H and O–H groups in total. The molecule has 1 aliphatic heterocycles. The van der Waals surface area contributed by atoms with E-state index in [0.717, 1.165) is 0 Å². The van der Waals surface area contributed by atoms with E-state index in [2.05, 4.69) is 4.74 Å². The maximum Gasteiger partial charge on any atom is 0.330 e. The highest BCUT2D eigenvalue weighted by Crippen LogP contribution is 2.26. The lowest BCUT2D eigenvalue weighted by Crippen LogP contribution is -1.97. The van der Waals surface area contributed by atoms with Gasteiger partial charge in [-0.05, 0) is 18.6 Å². The molecule has 0 aromatic carbocycles. The van der Waals surface area contributed by atoms with E-state index in [0.29, 0.717) is 5.25 Å². The molecule has 1 heterocycles. The van der Waals surface area contributed by atoms with Crippen molar-refractivity contribution < 1.29 is 9.53 Å². The minimum absolute atomic E-state index is 0.252. The Morgan fingerprint density at radius 2 is 2.55 bits per heavy atom. The summed E-state index contributed by atoms with van der Waals surface area (Å²) in [5, 5.41) is 0.536. The van der Waals surface area contributed by atoms with Gasteiger partial charge in [0, 0.05) is 11.3 Å². The lowest BCUT2D eigenvalue weighted by Gasteiger charge is -1.98. The zero-order valence-electron chi connectivity index (χ0n) is 6.58. The second-order valence-electron chi connectivity index (χ2n) is 2.43. The smallest absolute Gasteiger partial charge is 0.330 e. The Balaban J connectivity index is 2.27. The first-order valence-corrected chi connectivity index (χ1v) is 4.75. The van der Waals surface area contributed by atoms with Crippen molar-refractivity contribution >= 4 is 17.7 Å². The minimum atomic E-state index is -0.252. The SMILES string of the molecule is COC(=O)/C=C\C1CCCS1. The van der Waals surface area contributed by atoms with Crippen LogP contribution in [-0.2, 0) is 9.53 Å². The fourth-order valence-corrected chi connectivity index (χ4v) is 2.17. The molecule has 1 rings (SSSR count). The summed E-state index contributed by atoms with van der Waals surface area (Å²) in [5.74, 6) is 0.966. The maximum absolute atomic E-state index is 10.7. The predicted octanol–water partition coefficient (Wildman–Crippen LogP) is 1.61. The second kappa shape index (κ2) is 4.44. The number of carbonyl (C=O) groups excluding carboxylic acids is 1. The third-order valence-corrected chi connectivity index (χ3v) is 2.96. The van der Waals surface area contributed by atoms with Crippen LogP contribution in [0.4, 0.5) is 0 Å². The van der Waals surface area contributed by atoms with E-state index in [1.54, 1.807) is 0 Å². The largest absolute Gasteiger partial charge is 0.466 e. The van der Waals surface area contributed by atoms with E-state index in [1.165, 1.54) is 31.8 Å². The van der Waals surface area contributed by atoms with Crippen LogP contribution < -0.4 is 0 Å². The first kappa shape index (κ1) is 8.65. The standard InChI is InChI=1S/C8H12O2S/c1-10-8(9)5-4-7-3-2-6-11-7/h4-5,7H,2-3,6H2,1H3/b5-4-. The van der Waals surface area contributed by atoms with Gasteiger partial charge >= 0.3 is 5.97 Å². The Hall–Kier alpha value is -0.440. The fourth-order valence-electron chi connectivity index (χ4n) is 1.01. The number of hydrogen-bond acceptors (Lipinski definition) is 3. The summed E-state index contributed by atoms with van der Waals surface area (Å²) in [5.41, 5.74) is 0. The van der Waals surface area contributed by atoms with Crippen molar-refractivity contribution in [3.8, 4) is 0 Å². The molecular formula is C8H12O2S. The summed E-state index contributed by atoms with van der Waals surface area (Å²) in [4.78, 5) is 10.7. The van der Waals surface area contributed by atoms with Gasteiger partial charge in [0.2, 0.25) is 0 Å². The summed E-state index contributed by atoms with van der Waals surface area (Å²) in [6, 6.07) is 0. The van der Waals surface area contributed by atoms with Crippen molar-refractivity contribution in [1.82, 2.24) is 0 Å². The first-order chi connectivity index (χ1) is 5.33. The third kappa shape index (κ3) is 2.97. The van der Waals surface area contributed by atoms with Crippen molar-refractivity contribution in [2.24, 2.45) is 0 Å². The number of esters is 1. The van der Waals surface area contributed by atoms with Crippen molar-refractivity contribution in [3.63, 3.8) is 0 Å². The second-order valence-corrected chi connectivity index (χ2v) is 3.78. The highest BCUT2D eigenvalue weighted by molar-refractivity contribution is 8.00. The Labute approximate surface area is 71.0 Å². The van der Waals surface area contributed by atoms with Crippen LogP contribution in [0.25, 0.3) is 0 Å². The molecule has 0 saturated carbocycles. The summed E-state index contributed by atoms with van der Waals surface area (Å²) < 4.78 is 4.48. The number of ether oxygens (including phenoxy) is 1. The molecule has 3 heteroatoms. The first-order valence-electron chi connectivity index (χ1n) is 3.70. The van der Waals surface area contributed by atoms with Gasteiger partial charge in [0.05, 0.1) is 7.11 Å². The predicted molar refractivity (Wildman–Crippen MR) is 46.6 cm³/mol. The number of hydrogen-bond donors (Lipinski definition) is 0. The van der Waals surface area contributed by atoms with Crippen LogP contribution in [-0.4, -0.2) is 24.1 Å². The van der Waals surface area contributed by atoms with Crippen LogP contribution in [0.15, 0.2) is 12.2 Å². The molecule has 1 unspecified atom stereocenters. The normalized spacial score (nSPS) is 24.3. The molecule has 1 saturated heterocycles. The quantitative estimate of drug-likeness (QED) is 0.467. The molecule has 2 nitrogen and oxygen atoms in total. The Kier molecular flexibility index (Phi) is 3.49. The Bertz CT molecular complexity index is 159. The molecule has 0 bridgehead atoms. The van der Waals surface area contributed by atoms with Gasteiger partial charge in [0.1, 0.15) is 0 Å². The van der Waals surface area contributed by atoms with Crippen molar-refractivity contribution in [2.75, 3.05) is 12.9 Å². The fraction of sp³-hybridized carbons (Fsp3) is 0.625. The molecule has 0 amide bonds. The summed E-state index contributed by atoms with van der Waals surface area (Å²) in [6.07, 6.45) is 5.91. The third-order valence-electron chi connectivity index (χ3n) is 1.61. The van der Waals surface area contributed by atoms with Crippen LogP contribution in [0.2, 0.25) is 0 Å².